The van der Waals surface area contributed by atoms with Crippen LogP contribution < -0.4 is 4.74 Å². The summed E-state index contributed by atoms with van der Waals surface area (Å²) in [7, 11) is 1.67. The van der Waals surface area contributed by atoms with Gasteiger partial charge in [-0.1, -0.05) is 41.7 Å². The van der Waals surface area contributed by atoms with Crippen LogP contribution in [0.25, 0.3) is 15.2 Å². The number of hydrogen-bond acceptors (Lipinski definition) is 4. The molecule has 0 bridgehead atoms. The van der Waals surface area contributed by atoms with Crippen LogP contribution in [0.2, 0.25) is 0 Å². The molecule has 2 aromatic carbocycles. The molecular formula is C19H18N2O2S. The van der Waals surface area contributed by atoms with Crippen molar-refractivity contribution in [3.8, 4) is 5.75 Å². The molecule has 0 fully saturated rings. The van der Waals surface area contributed by atoms with Crippen molar-refractivity contribution in [3.05, 3.63) is 66.0 Å². The van der Waals surface area contributed by atoms with Crippen LogP contribution in [0.5, 0.6) is 5.75 Å². The highest BCUT2D eigenvalue weighted by atomic mass is 32.1. The van der Waals surface area contributed by atoms with Crippen LogP contribution in [0.4, 0.5) is 0 Å². The number of fused-ring (bicyclic) bond motifs is 3. The van der Waals surface area contributed by atoms with Crippen molar-refractivity contribution in [3.63, 3.8) is 0 Å². The molecule has 0 aliphatic rings. The second-order valence-corrected chi connectivity index (χ2v) is 6.79. The minimum Gasteiger partial charge on any atom is -0.497 e. The highest BCUT2D eigenvalue weighted by Gasteiger charge is 2.17. The first kappa shape index (κ1) is 15.2. The molecule has 4 aromatic rings. The van der Waals surface area contributed by atoms with Crippen molar-refractivity contribution in [1.82, 2.24) is 9.38 Å². The monoisotopic (exact) mass is 338 g/mol. The summed E-state index contributed by atoms with van der Waals surface area (Å²) in [6.45, 7) is 0. The molecule has 1 N–H and O–H groups in total. The SMILES string of the molecule is COc1ccc2c(c1)sc1ncc(C(O)CCc3ccccc3)n12. The summed E-state index contributed by atoms with van der Waals surface area (Å²) in [6.07, 6.45) is 2.75. The van der Waals surface area contributed by atoms with E-state index in [4.69, 9.17) is 4.74 Å². The van der Waals surface area contributed by atoms with Crippen LogP contribution in [0, 0.1) is 0 Å². The van der Waals surface area contributed by atoms with E-state index in [9.17, 15) is 5.11 Å². The van der Waals surface area contributed by atoms with E-state index in [2.05, 4.69) is 21.5 Å². The fourth-order valence-electron chi connectivity index (χ4n) is 2.98. The number of hydrogen-bond donors (Lipinski definition) is 1. The second-order valence-electron chi connectivity index (χ2n) is 5.78. The van der Waals surface area contributed by atoms with Crippen LogP contribution in [-0.2, 0) is 6.42 Å². The van der Waals surface area contributed by atoms with E-state index in [1.807, 2.05) is 36.4 Å². The van der Waals surface area contributed by atoms with Gasteiger partial charge in [-0.05, 0) is 36.6 Å². The van der Waals surface area contributed by atoms with Gasteiger partial charge in [-0.3, -0.25) is 4.40 Å². The van der Waals surface area contributed by atoms with Gasteiger partial charge in [0, 0.05) is 0 Å². The molecule has 0 aliphatic carbocycles. The maximum atomic E-state index is 10.7. The third-order valence-corrected chi connectivity index (χ3v) is 5.27. The van der Waals surface area contributed by atoms with E-state index in [1.54, 1.807) is 24.6 Å². The summed E-state index contributed by atoms with van der Waals surface area (Å²) in [6, 6.07) is 16.2. The Bertz CT molecular complexity index is 975. The zero-order valence-corrected chi connectivity index (χ0v) is 14.2. The van der Waals surface area contributed by atoms with Crippen LogP contribution in [0.3, 0.4) is 0 Å². The molecule has 0 amide bonds. The lowest BCUT2D eigenvalue weighted by molar-refractivity contribution is 0.162. The number of imidazole rings is 1. The Hall–Kier alpha value is -2.37. The van der Waals surface area contributed by atoms with Gasteiger partial charge in [-0.2, -0.15) is 0 Å². The number of benzene rings is 2. The van der Waals surface area contributed by atoms with Crippen molar-refractivity contribution in [2.45, 2.75) is 18.9 Å². The van der Waals surface area contributed by atoms with Crippen LogP contribution in [0.15, 0.2) is 54.7 Å². The summed E-state index contributed by atoms with van der Waals surface area (Å²) in [5.74, 6) is 0.832. The number of aliphatic hydroxyl groups excluding tert-OH is 1. The maximum absolute atomic E-state index is 10.7. The van der Waals surface area contributed by atoms with Crippen molar-refractivity contribution < 1.29 is 9.84 Å². The number of thiazole rings is 1. The normalized spacial score (nSPS) is 12.8. The zero-order valence-electron chi connectivity index (χ0n) is 13.3. The molecule has 1 atom stereocenters. The van der Waals surface area contributed by atoms with Gasteiger partial charge >= 0.3 is 0 Å². The van der Waals surface area contributed by atoms with E-state index in [0.717, 1.165) is 33.0 Å². The fourth-order valence-corrected chi connectivity index (χ4v) is 4.01. The molecule has 0 aliphatic heterocycles. The Balaban J connectivity index is 1.66. The molecule has 24 heavy (non-hydrogen) atoms. The Labute approximate surface area is 144 Å². The van der Waals surface area contributed by atoms with Crippen LogP contribution in [0.1, 0.15) is 23.8 Å². The first-order chi connectivity index (χ1) is 11.8. The average molecular weight is 338 g/mol. The van der Waals surface area contributed by atoms with Gasteiger partial charge in [-0.15, -0.1) is 0 Å². The summed E-state index contributed by atoms with van der Waals surface area (Å²) in [4.78, 5) is 5.36. The maximum Gasteiger partial charge on any atom is 0.195 e. The average Bonchev–Trinajstić information content (AvgIpc) is 3.18. The van der Waals surface area contributed by atoms with E-state index >= 15 is 0 Å². The molecule has 0 saturated heterocycles. The molecule has 1 unspecified atom stereocenters. The Kier molecular flexibility index (Phi) is 3.96. The largest absolute Gasteiger partial charge is 0.497 e. The molecular weight excluding hydrogens is 320 g/mol. The van der Waals surface area contributed by atoms with E-state index in [1.165, 1.54) is 5.56 Å². The van der Waals surface area contributed by atoms with E-state index in [0.29, 0.717) is 6.42 Å². The summed E-state index contributed by atoms with van der Waals surface area (Å²) < 4.78 is 8.44. The number of nitrogens with zero attached hydrogens (tertiary/aromatic N) is 2. The van der Waals surface area contributed by atoms with E-state index < -0.39 is 6.10 Å². The number of ether oxygens (including phenoxy) is 1. The number of aryl methyl sites for hydroxylation is 1. The summed E-state index contributed by atoms with van der Waals surface area (Å²) in [5, 5.41) is 10.7. The molecule has 5 heteroatoms. The van der Waals surface area contributed by atoms with Crippen molar-refractivity contribution in [2.75, 3.05) is 7.11 Å². The van der Waals surface area contributed by atoms with Crippen molar-refractivity contribution in [1.29, 1.82) is 0 Å². The Morgan fingerprint density at radius 1 is 1.21 bits per heavy atom. The Morgan fingerprint density at radius 2 is 2.04 bits per heavy atom. The first-order valence-corrected chi connectivity index (χ1v) is 8.74. The van der Waals surface area contributed by atoms with Crippen molar-refractivity contribution >= 4 is 26.5 Å². The van der Waals surface area contributed by atoms with Gasteiger partial charge in [-0.25, -0.2) is 4.98 Å². The summed E-state index contributed by atoms with van der Waals surface area (Å²) in [5.41, 5.74) is 3.14. The standard InChI is InChI=1S/C19H18N2O2S/c1-23-14-8-9-15-18(11-14)24-19-20-12-16(21(15)19)17(22)10-7-13-5-3-2-4-6-13/h2-6,8-9,11-12,17,22H,7,10H2,1H3. The van der Waals surface area contributed by atoms with Gasteiger partial charge in [0.2, 0.25) is 0 Å². The number of rotatable bonds is 5. The molecule has 0 spiro atoms. The van der Waals surface area contributed by atoms with Gasteiger partial charge in [0.05, 0.1) is 35.3 Å². The second kappa shape index (κ2) is 6.26. The van der Waals surface area contributed by atoms with Gasteiger partial charge in [0.1, 0.15) is 5.75 Å². The van der Waals surface area contributed by atoms with E-state index in [-0.39, 0.29) is 0 Å². The highest BCUT2D eigenvalue weighted by molar-refractivity contribution is 7.23. The number of aliphatic hydroxyl groups is 1. The van der Waals surface area contributed by atoms with Crippen molar-refractivity contribution in [2.24, 2.45) is 0 Å². The molecule has 122 valence electrons. The summed E-state index contributed by atoms with van der Waals surface area (Å²) >= 11 is 1.60. The quantitative estimate of drug-likeness (QED) is 0.592. The fraction of sp³-hybridized carbons (Fsp3) is 0.211. The molecule has 2 aromatic heterocycles. The van der Waals surface area contributed by atoms with Gasteiger partial charge in [0.25, 0.3) is 0 Å². The molecule has 2 heterocycles. The predicted molar refractivity (Wildman–Crippen MR) is 96.8 cm³/mol. The Morgan fingerprint density at radius 3 is 2.83 bits per heavy atom. The third-order valence-electron chi connectivity index (χ3n) is 4.26. The molecule has 0 radical (unpaired) electrons. The van der Waals surface area contributed by atoms with Gasteiger partial charge < -0.3 is 9.84 Å². The third kappa shape index (κ3) is 2.66. The van der Waals surface area contributed by atoms with Gasteiger partial charge in [0.15, 0.2) is 4.96 Å². The predicted octanol–water partition coefficient (Wildman–Crippen LogP) is 4.22. The molecule has 0 saturated carbocycles. The molecule has 4 nitrogen and oxygen atoms in total. The minimum absolute atomic E-state index is 0.542. The topological polar surface area (TPSA) is 46.8 Å². The number of aromatic nitrogens is 2. The van der Waals surface area contributed by atoms with Crippen LogP contribution in [-0.4, -0.2) is 21.6 Å². The molecule has 4 rings (SSSR count). The lowest BCUT2D eigenvalue weighted by Crippen LogP contribution is -2.03. The lowest BCUT2D eigenvalue weighted by atomic mass is 10.1. The van der Waals surface area contributed by atoms with Crippen LogP contribution >= 0.6 is 11.3 Å². The number of methoxy groups -OCH3 is 1. The first-order valence-electron chi connectivity index (χ1n) is 7.92. The highest BCUT2D eigenvalue weighted by Crippen LogP contribution is 2.32. The smallest absolute Gasteiger partial charge is 0.195 e. The minimum atomic E-state index is -0.542. The lowest BCUT2D eigenvalue weighted by Gasteiger charge is -2.10. The zero-order chi connectivity index (χ0) is 16.5.